The van der Waals surface area contributed by atoms with Gasteiger partial charge >= 0.3 is 0 Å². The molecular weight excluding hydrogens is 360 g/mol. The lowest BCUT2D eigenvalue weighted by Crippen LogP contribution is -2.39. The summed E-state index contributed by atoms with van der Waals surface area (Å²) in [6, 6.07) is 0. The van der Waals surface area contributed by atoms with Crippen molar-refractivity contribution in [3.63, 3.8) is 0 Å². The van der Waals surface area contributed by atoms with Crippen LogP contribution in [0, 0.1) is 17.3 Å². The SMILES string of the molecule is C=C1/C(=C\C=C2/CCCC3(C)C2CCC3C(C)OCCC(C)(C)O)CCCC1O. The van der Waals surface area contributed by atoms with E-state index in [0.717, 1.165) is 24.8 Å². The largest absolute Gasteiger partial charge is 0.390 e. The Balaban J connectivity index is 1.68. The zero-order valence-electron chi connectivity index (χ0n) is 19.0. The minimum atomic E-state index is -0.660. The lowest BCUT2D eigenvalue weighted by molar-refractivity contribution is -0.0454. The molecule has 29 heavy (non-hydrogen) atoms. The van der Waals surface area contributed by atoms with Crippen LogP contribution in [0.3, 0.4) is 0 Å². The summed E-state index contributed by atoms with van der Waals surface area (Å²) in [6.45, 7) is 13.2. The van der Waals surface area contributed by atoms with E-state index < -0.39 is 5.60 Å². The van der Waals surface area contributed by atoms with Crippen molar-refractivity contribution in [2.24, 2.45) is 17.3 Å². The van der Waals surface area contributed by atoms with Gasteiger partial charge in [-0.05, 0) is 107 Å². The Bertz CT molecular complexity index is 653. The Morgan fingerprint density at radius 2 is 1.97 bits per heavy atom. The summed E-state index contributed by atoms with van der Waals surface area (Å²) in [5, 5.41) is 20.1. The highest BCUT2D eigenvalue weighted by Crippen LogP contribution is 2.58. The van der Waals surface area contributed by atoms with Crippen LogP contribution in [0.15, 0.2) is 35.5 Å². The van der Waals surface area contributed by atoms with E-state index in [0.29, 0.717) is 30.3 Å². The molecule has 0 spiro atoms. The summed E-state index contributed by atoms with van der Waals surface area (Å²) in [5.74, 6) is 1.22. The van der Waals surface area contributed by atoms with Gasteiger partial charge in [0.15, 0.2) is 0 Å². The van der Waals surface area contributed by atoms with Gasteiger partial charge in [0.05, 0.1) is 17.8 Å². The molecular formula is C26H42O3. The van der Waals surface area contributed by atoms with Crippen molar-refractivity contribution in [3.05, 3.63) is 35.5 Å². The average Bonchev–Trinajstić information content (AvgIpc) is 2.99. The Morgan fingerprint density at radius 1 is 1.21 bits per heavy atom. The molecule has 0 aliphatic heterocycles. The van der Waals surface area contributed by atoms with Crippen molar-refractivity contribution in [1.82, 2.24) is 0 Å². The van der Waals surface area contributed by atoms with Gasteiger partial charge in [0.25, 0.3) is 0 Å². The van der Waals surface area contributed by atoms with E-state index >= 15 is 0 Å². The van der Waals surface area contributed by atoms with E-state index in [-0.39, 0.29) is 12.2 Å². The predicted octanol–water partition coefficient (Wildman–Crippen LogP) is 5.72. The fraction of sp³-hybridized carbons (Fsp3) is 0.769. The first-order valence-electron chi connectivity index (χ1n) is 11.7. The van der Waals surface area contributed by atoms with Gasteiger partial charge < -0.3 is 14.9 Å². The van der Waals surface area contributed by atoms with E-state index in [1.54, 1.807) is 5.57 Å². The van der Waals surface area contributed by atoms with Crippen LogP contribution in [0.5, 0.6) is 0 Å². The summed E-state index contributed by atoms with van der Waals surface area (Å²) >= 11 is 0. The Labute approximate surface area is 177 Å². The molecule has 3 aliphatic carbocycles. The molecule has 3 nitrogen and oxygen atoms in total. The molecule has 3 rings (SSSR count). The first kappa shape index (κ1) is 22.8. The van der Waals surface area contributed by atoms with Crippen LogP contribution in [0.25, 0.3) is 0 Å². The van der Waals surface area contributed by atoms with Gasteiger partial charge in [0.2, 0.25) is 0 Å². The van der Waals surface area contributed by atoms with E-state index in [1.165, 1.54) is 37.7 Å². The van der Waals surface area contributed by atoms with E-state index in [9.17, 15) is 10.2 Å². The molecule has 0 aromatic carbocycles. The molecule has 3 saturated carbocycles. The zero-order chi connectivity index (χ0) is 21.2. The summed E-state index contributed by atoms with van der Waals surface area (Å²) in [5.41, 5.74) is 3.39. The van der Waals surface area contributed by atoms with Crippen molar-refractivity contribution in [3.8, 4) is 0 Å². The molecule has 0 amide bonds. The summed E-state index contributed by atoms with van der Waals surface area (Å²) in [7, 11) is 0. The van der Waals surface area contributed by atoms with Crippen LogP contribution in [-0.2, 0) is 4.74 Å². The topological polar surface area (TPSA) is 49.7 Å². The highest BCUT2D eigenvalue weighted by molar-refractivity contribution is 5.37. The van der Waals surface area contributed by atoms with Gasteiger partial charge in [-0.15, -0.1) is 0 Å². The molecule has 0 aromatic rings. The number of hydrogen-bond donors (Lipinski definition) is 2. The number of aliphatic hydroxyl groups excluding tert-OH is 1. The molecule has 0 radical (unpaired) electrons. The first-order chi connectivity index (χ1) is 13.6. The normalized spacial score (nSPS) is 37.2. The molecule has 0 bridgehead atoms. The number of rotatable bonds is 6. The summed E-state index contributed by atoms with van der Waals surface area (Å²) in [6.07, 6.45) is 14.3. The third-order valence-corrected chi connectivity index (χ3v) is 7.94. The lowest BCUT2D eigenvalue weighted by atomic mass is 9.62. The Kier molecular flexibility index (Phi) is 7.13. The standard InChI is InChI=1S/C26H42O3/c1-18-20(8-6-10-24(18)27)11-12-21-9-7-15-26(5)22(13-14-23(21)26)19(2)29-17-16-25(3,4)28/h11-12,19,22-24,27-28H,1,6-10,13-17H2,2-5H3/b20-11-,21-12+. The van der Waals surface area contributed by atoms with Crippen molar-refractivity contribution in [2.75, 3.05) is 6.61 Å². The molecule has 5 unspecified atom stereocenters. The van der Waals surface area contributed by atoms with E-state index in [2.05, 4.69) is 32.6 Å². The van der Waals surface area contributed by atoms with Gasteiger partial charge in [0, 0.05) is 6.61 Å². The van der Waals surface area contributed by atoms with Crippen molar-refractivity contribution in [1.29, 1.82) is 0 Å². The quantitative estimate of drug-likeness (QED) is 0.597. The second-order valence-corrected chi connectivity index (χ2v) is 10.6. The molecule has 3 heteroatoms. The maximum absolute atomic E-state index is 10.1. The third-order valence-electron chi connectivity index (χ3n) is 7.94. The molecule has 3 fully saturated rings. The number of ether oxygens (including phenoxy) is 1. The van der Waals surface area contributed by atoms with Gasteiger partial charge in [0.1, 0.15) is 0 Å². The molecule has 0 saturated heterocycles. The van der Waals surface area contributed by atoms with E-state index in [4.69, 9.17) is 4.74 Å². The fourth-order valence-electron chi connectivity index (χ4n) is 6.09. The maximum Gasteiger partial charge on any atom is 0.0787 e. The minimum absolute atomic E-state index is 0.235. The second-order valence-electron chi connectivity index (χ2n) is 10.6. The highest BCUT2D eigenvalue weighted by atomic mass is 16.5. The van der Waals surface area contributed by atoms with Crippen molar-refractivity contribution in [2.45, 2.75) is 103 Å². The van der Waals surface area contributed by atoms with Crippen LogP contribution in [0.4, 0.5) is 0 Å². The third kappa shape index (κ3) is 5.24. The predicted molar refractivity (Wildman–Crippen MR) is 120 cm³/mol. The van der Waals surface area contributed by atoms with Gasteiger partial charge in [-0.3, -0.25) is 0 Å². The van der Waals surface area contributed by atoms with Crippen LogP contribution in [-0.4, -0.2) is 34.6 Å². The second kappa shape index (κ2) is 9.08. The van der Waals surface area contributed by atoms with Crippen LogP contribution in [0.1, 0.15) is 85.5 Å². The lowest BCUT2D eigenvalue weighted by Gasteiger charge is -2.44. The molecule has 164 valence electrons. The zero-order valence-corrected chi connectivity index (χ0v) is 19.0. The first-order valence-corrected chi connectivity index (χ1v) is 11.7. The van der Waals surface area contributed by atoms with Gasteiger partial charge in [-0.2, -0.15) is 0 Å². The monoisotopic (exact) mass is 402 g/mol. The number of hydrogen-bond acceptors (Lipinski definition) is 3. The van der Waals surface area contributed by atoms with Gasteiger partial charge in [-0.25, -0.2) is 0 Å². The van der Waals surface area contributed by atoms with Crippen LogP contribution >= 0.6 is 0 Å². The fourth-order valence-corrected chi connectivity index (χ4v) is 6.09. The molecule has 0 heterocycles. The van der Waals surface area contributed by atoms with Crippen LogP contribution < -0.4 is 0 Å². The molecule has 5 atom stereocenters. The number of aliphatic hydroxyl groups is 2. The highest BCUT2D eigenvalue weighted by Gasteiger charge is 2.51. The summed E-state index contributed by atoms with van der Waals surface area (Å²) in [4.78, 5) is 0. The smallest absolute Gasteiger partial charge is 0.0787 e. The molecule has 2 N–H and O–H groups in total. The van der Waals surface area contributed by atoms with Gasteiger partial charge in [-0.1, -0.05) is 31.2 Å². The summed E-state index contributed by atoms with van der Waals surface area (Å²) < 4.78 is 6.20. The van der Waals surface area contributed by atoms with Crippen molar-refractivity contribution >= 4 is 0 Å². The Morgan fingerprint density at radius 3 is 2.69 bits per heavy atom. The molecule has 3 aliphatic rings. The molecule has 0 aromatic heterocycles. The van der Waals surface area contributed by atoms with Crippen molar-refractivity contribution < 1.29 is 14.9 Å². The number of fused-ring (bicyclic) bond motifs is 1. The maximum atomic E-state index is 10.1. The van der Waals surface area contributed by atoms with Crippen LogP contribution in [0.2, 0.25) is 0 Å². The Hall–Kier alpha value is -0.900. The number of allylic oxidation sites excluding steroid dienone is 3. The average molecular weight is 403 g/mol. The minimum Gasteiger partial charge on any atom is -0.390 e. The van der Waals surface area contributed by atoms with E-state index in [1.807, 2.05) is 13.8 Å².